The zero-order valence-electron chi connectivity index (χ0n) is 15.9. The molecule has 0 N–H and O–H groups in total. The zero-order chi connectivity index (χ0) is 19.7. The van der Waals surface area contributed by atoms with Crippen molar-refractivity contribution in [3.8, 4) is 22.6 Å². The van der Waals surface area contributed by atoms with Crippen LogP contribution in [0.15, 0.2) is 54.9 Å². The molecule has 3 aromatic rings. The number of anilines is 1. The van der Waals surface area contributed by atoms with E-state index in [1.165, 1.54) is 12.1 Å². The summed E-state index contributed by atoms with van der Waals surface area (Å²) >= 11 is 0. The van der Waals surface area contributed by atoms with Crippen molar-refractivity contribution < 1.29 is 13.9 Å². The van der Waals surface area contributed by atoms with Crippen LogP contribution in [0, 0.1) is 5.82 Å². The average molecular weight is 392 g/mol. The third-order valence-electron chi connectivity index (χ3n) is 5.45. The number of hydrogen-bond donors (Lipinski definition) is 0. The Balaban J connectivity index is 1.50. The summed E-state index contributed by atoms with van der Waals surface area (Å²) in [5, 5.41) is 0. The van der Waals surface area contributed by atoms with E-state index >= 15 is 0 Å². The minimum absolute atomic E-state index is 0.268. The number of halogens is 1. The molecule has 148 valence electrons. The number of ether oxygens (including phenoxy) is 2. The van der Waals surface area contributed by atoms with Crippen LogP contribution in [0.1, 0.15) is 12.8 Å². The predicted molar refractivity (Wildman–Crippen MR) is 107 cm³/mol. The third kappa shape index (κ3) is 3.71. The van der Waals surface area contributed by atoms with Gasteiger partial charge < -0.3 is 14.4 Å². The lowest BCUT2D eigenvalue weighted by molar-refractivity contribution is -0.169. The van der Waals surface area contributed by atoms with Gasteiger partial charge in [0.25, 0.3) is 0 Å². The summed E-state index contributed by atoms with van der Waals surface area (Å²) in [6, 6.07) is 12.1. The lowest BCUT2D eigenvalue weighted by Crippen LogP contribution is -2.45. The first kappa shape index (κ1) is 18.1. The van der Waals surface area contributed by atoms with Crippen LogP contribution in [0.5, 0.6) is 0 Å². The molecule has 4 heterocycles. The first-order valence-corrected chi connectivity index (χ1v) is 9.79. The smallest absolute Gasteiger partial charge is 0.171 e. The SMILES string of the molecule is Fc1ccc(-c2cc(N3CCC4(CC3)OCCO4)nc(-c3ccncc3)n2)cc1. The monoisotopic (exact) mass is 392 g/mol. The number of piperidine rings is 1. The molecule has 7 heteroatoms. The van der Waals surface area contributed by atoms with Gasteiger partial charge in [0, 0.05) is 55.5 Å². The number of pyridine rings is 1. The van der Waals surface area contributed by atoms with Crippen LogP contribution in [-0.4, -0.2) is 47.0 Å². The summed E-state index contributed by atoms with van der Waals surface area (Å²) in [5.41, 5.74) is 2.50. The summed E-state index contributed by atoms with van der Waals surface area (Å²) in [6.07, 6.45) is 5.05. The maximum Gasteiger partial charge on any atom is 0.171 e. The molecule has 0 saturated carbocycles. The van der Waals surface area contributed by atoms with Gasteiger partial charge in [-0.2, -0.15) is 0 Å². The molecule has 2 aliphatic rings. The van der Waals surface area contributed by atoms with E-state index in [4.69, 9.17) is 19.4 Å². The van der Waals surface area contributed by atoms with Gasteiger partial charge in [-0.1, -0.05) is 0 Å². The molecule has 6 nitrogen and oxygen atoms in total. The van der Waals surface area contributed by atoms with Crippen LogP contribution in [0.2, 0.25) is 0 Å². The Bertz CT molecular complexity index is 981. The molecule has 2 aromatic heterocycles. The Morgan fingerprint density at radius 2 is 1.55 bits per heavy atom. The number of benzene rings is 1. The van der Waals surface area contributed by atoms with Gasteiger partial charge in [-0.15, -0.1) is 0 Å². The van der Waals surface area contributed by atoms with Crippen molar-refractivity contribution in [2.45, 2.75) is 18.6 Å². The molecular weight excluding hydrogens is 371 g/mol. The van der Waals surface area contributed by atoms with Crippen molar-refractivity contribution in [1.82, 2.24) is 15.0 Å². The normalized spacial score (nSPS) is 18.3. The zero-order valence-corrected chi connectivity index (χ0v) is 15.9. The summed E-state index contributed by atoms with van der Waals surface area (Å²) in [6.45, 7) is 2.90. The number of rotatable bonds is 3. The van der Waals surface area contributed by atoms with E-state index in [9.17, 15) is 4.39 Å². The average Bonchev–Trinajstić information content (AvgIpc) is 3.23. The summed E-state index contributed by atoms with van der Waals surface area (Å²) in [7, 11) is 0. The van der Waals surface area contributed by atoms with Crippen LogP contribution in [0.3, 0.4) is 0 Å². The van der Waals surface area contributed by atoms with E-state index in [1.54, 1.807) is 24.5 Å². The van der Waals surface area contributed by atoms with Crippen molar-refractivity contribution in [2.75, 3.05) is 31.2 Å². The Kier molecular flexibility index (Phi) is 4.69. The van der Waals surface area contributed by atoms with Crippen LogP contribution in [0.25, 0.3) is 22.6 Å². The molecule has 1 spiro atoms. The highest BCUT2D eigenvalue weighted by atomic mass is 19.1. The minimum atomic E-state index is -0.433. The third-order valence-corrected chi connectivity index (χ3v) is 5.45. The van der Waals surface area contributed by atoms with Crippen molar-refractivity contribution in [3.05, 3.63) is 60.7 Å². The molecule has 29 heavy (non-hydrogen) atoms. The van der Waals surface area contributed by atoms with Gasteiger partial charge in [0.2, 0.25) is 0 Å². The second kappa shape index (κ2) is 7.50. The Hall–Kier alpha value is -2.90. The second-order valence-electron chi connectivity index (χ2n) is 7.27. The van der Waals surface area contributed by atoms with E-state index in [1.807, 2.05) is 18.2 Å². The van der Waals surface area contributed by atoms with Crippen molar-refractivity contribution in [3.63, 3.8) is 0 Å². The molecule has 0 bridgehead atoms. The van der Waals surface area contributed by atoms with Crippen molar-refractivity contribution in [2.24, 2.45) is 0 Å². The highest BCUT2D eigenvalue weighted by molar-refractivity contribution is 5.67. The lowest BCUT2D eigenvalue weighted by Gasteiger charge is -2.38. The van der Waals surface area contributed by atoms with Gasteiger partial charge in [0.15, 0.2) is 11.6 Å². The van der Waals surface area contributed by atoms with Crippen LogP contribution in [-0.2, 0) is 9.47 Å². The molecule has 1 aromatic carbocycles. The maximum atomic E-state index is 13.4. The highest BCUT2D eigenvalue weighted by Crippen LogP contribution is 2.34. The molecule has 5 rings (SSSR count). The lowest BCUT2D eigenvalue weighted by atomic mass is 10.0. The molecule has 0 amide bonds. The van der Waals surface area contributed by atoms with E-state index in [0.717, 1.165) is 48.6 Å². The van der Waals surface area contributed by atoms with E-state index in [-0.39, 0.29) is 5.82 Å². The minimum Gasteiger partial charge on any atom is -0.356 e. The summed E-state index contributed by atoms with van der Waals surface area (Å²) in [4.78, 5) is 15.9. The van der Waals surface area contributed by atoms with E-state index in [2.05, 4.69) is 9.88 Å². The number of hydrogen-bond acceptors (Lipinski definition) is 6. The van der Waals surface area contributed by atoms with Crippen molar-refractivity contribution >= 4 is 5.82 Å². The molecule has 2 aliphatic heterocycles. The Morgan fingerprint density at radius 3 is 2.24 bits per heavy atom. The van der Waals surface area contributed by atoms with E-state index < -0.39 is 5.79 Å². The molecule has 2 saturated heterocycles. The molecule has 0 aliphatic carbocycles. The Morgan fingerprint density at radius 1 is 0.862 bits per heavy atom. The van der Waals surface area contributed by atoms with Gasteiger partial charge >= 0.3 is 0 Å². The van der Waals surface area contributed by atoms with Crippen LogP contribution in [0.4, 0.5) is 10.2 Å². The highest BCUT2D eigenvalue weighted by Gasteiger charge is 2.40. The fourth-order valence-corrected chi connectivity index (χ4v) is 3.86. The quantitative estimate of drug-likeness (QED) is 0.678. The molecule has 2 fully saturated rings. The molecule has 0 radical (unpaired) electrons. The largest absolute Gasteiger partial charge is 0.356 e. The topological polar surface area (TPSA) is 60.4 Å². The predicted octanol–water partition coefficient (Wildman–Crippen LogP) is 3.69. The molecular formula is C22H21FN4O2. The van der Waals surface area contributed by atoms with Gasteiger partial charge in [-0.05, 0) is 36.4 Å². The first-order valence-electron chi connectivity index (χ1n) is 9.79. The van der Waals surface area contributed by atoms with Gasteiger partial charge in [0.05, 0.1) is 18.9 Å². The fourth-order valence-electron chi connectivity index (χ4n) is 3.86. The number of aromatic nitrogens is 3. The van der Waals surface area contributed by atoms with Gasteiger partial charge in [0.1, 0.15) is 11.6 Å². The summed E-state index contributed by atoms with van der Waals surface area (Å²) in [5.74, 6) is 0.768. The van der Waals surface area contributed by atoms with Gasteiger partial charge in [-0.25, -0.2) is 14.4 Å². The molecule has 0 atom stereocenters. The fraction of sp³-hybridized carbons (Fsp3) is 0.318. The first-order chi connectivity index (χ1) is 14.2. The molecule has 0 unspecified atom stereocenters. The maximum absolute atomic E-state index is 13.4. The number of nitrogens with zero attached hydrogens (tertiary/aromatic N) is 4. The summed E-state index contributed by atoms with van der Waals surface area (Å²) < 4.78 is 25.1. The second-order valence-corrected chi connectivity index (χ2v) is 7.27. The van der Waals surface area contributed by atoms with Crippen LogP contribution >= 0.6 is 0 Å². The van der Waals surface area contributed by atoms with E-state index in [0.29, 0.717) is 19.0 Å². The van der Waals surface area contributed by atoms with Crippen LogP contribution < -0.4 is 4.90 Å². The van der Waals surface area contributed by atoms with Gasteiger partial charge in [-0.3, -0.25) is 4.98 Å². The van der Waals surface area contributed by atoms with Crippen molar-refractivity contribution in [1.29, 1.82) is 0 Å². The Labute approximate surface area is 168 Å². The standard InChI is InChI=1S/C22H21FN4O2/c23-18-3-1-16(2-4-18)19-15-20(26-21(25-19)17-5-9-24-10-6-17)27-11-7-22(8-12-27)28-13-14-29-22/h1-6,9-10,15H,7-8,11-14H2.